The molecular weight excluding hydrogens is 470 g/mol. The number of anilines is 2. The maximum absolute atomic E-state index is 12.9. The van der Waals surface area contributed by atoms with E-state index in [2.05, 4.69) is 10.3 Å². The number of amides is 1. The molecule has 2 aliphatic rings. The average Bonchev–Trinajstić information content (AvgIpc) is 3.23. The zero-order valence-corrected chi connectivity index (χ0v) is 19.7. The molecule has 1 N–H and O–H groups in total. The summed E-state index contributed by atoms with van der Waals surface area (Å²) in [6.07, 6.45) is 1.06. The van der Waals surface area contributed by atoms with Crippen LogP contribution in [0.4, 0.5) is 16.5 Å². The standard InChI is InChI=1S/C20H25N5O6S2/c1-14-13-32-20(21-14)22-19(26)15-4-6-23(7-5-15)17-3-2-16(12-18(17)25(27)28)33(29,30)24-8-10-31-11-9-24/h2-3,12-13,15H,4-11H2,1H3,(H,21,22,26). The van der Waals surface area contributed by atoms with Crippen LogP contribution in [0.3, 0.4) is 0 Å². The first-order valence-corrected chi connectivity index (χ1v) is 12.9. The number of carbonyl (C=O) groups excluding carboxylic acids is 1. The monoisotopic (exact) mass is 495 g/mol. The second-order valence-electron chi connectivity index (χ2n) is 7.97. The lowest BCUT2D eigenvalue weighted by molar-refractivity contribution is -0.384. The number of aromatic nitrogens is 1. The molecule has 3 heterocycles. The highest BCUT2D eigenvalue weighted by Crippen LogP contribution is 2.34. The van der Waals surface area contributed by atoms with Gasteiger partial charge in [-0.1, -0.05) is 0 Å². The van der Waals surface area contributed by atoms with E-state index in [0.29, 0.717) is 50.0 Å². The molecule has 0 saturated carbocycles. The third kappa shape index (κ3) is 5.16. The van der Waals surface area contributed by atoms with Crippen LogP contribution in [-0.2, 0) is 19.6 Å². The summed E-state index contributed by atoms with van der Waals surface area (Å²) in [6, 6.07) is 4.03. The van der Waals surface area contributed by atoms with Crippen molar-refractivity contribution < 1.29 is 22.9 Å². The number of nitro benzene ring substituents is 1. The fourth-order valence-corrected chi connectivity index (χ4v) is 6.13. The number of hydrogen-bond acceptors (Lipinski definition) is 9. The second kappa shape index (κ2) is 9.71. The van der Waals surface area contributed by atoms with Gasteiger partial charge < -0.3 is 15.0 Å². The number of nitrogens with zero attached hydrogens (tertiary/aromatic N) is 4. The lowest BCUT2D eigenvalue weighted by Crippen LogP contribution is -2.40. The number of nitro groups is 1. The number of sulfonamides is 1. The molecule has 0 atom stereocenters. The number of benzene rings is 1. The maximum atomic E-state index is 12.9. The van der Waals surface area contributed by atoms with Crippen LogP contribution in [0.25, 0.3) is 0 Å². The number of aryl methyl sites for hydroxylation is 1. The van der Waals surface area contributed by atoms with E-state index in [-0.39, 0.29) is 35.5 Å². The predicted octanol–water partition coefficient (Wildman–Crippen LogP) is 2.24. The minimum atomic E-state index is -3.84. The summed E-state index contributed by atoms with van der Waals surface area (Å²) in [4.78, 5) is 29.7. The van der Waals surface area contributed by atoms with Crippen LogP contribution < -0.4 is 10.2 Å². The molecule has 2 fully saturated rings. The van der Waals surface area contributed by atoms with Crippen LogP contribution in [0.1, 0.15) is 18.5 Å². The van der Waals surface area contributed by atoms with E-state index in [0.717, 1.165) is 11.8 Å². The van der Waals surface area contributed by atoms with Gasteiger partial charge in [-0.25, -0.2) is 13.4 Å². The normalized spacial score (nSPS) is 18.3. The van der Waals surface area contributed by atoms with Crippen molar-refractivity contribution >= 4 is 43.8 Å². The Balaban J connectivity index is 1.46. The Morgan fingerprint density at radius 1 is 1.24 bits per heavy atom. The Labute approximate surface area is 195 Å². The number of nitrogens with one attached hydrogen (secondary N) is 1. The molecule has 1 aromatic carbocycles. The fourth-order valence-electron chi connectivity index (χ4n) is 4.01. The molecule has 2 aromatic rings. The molecule has 2 saturated heterocycles. The van der Waals surface area contributed by atoms with Gasteiger partial charge in [0.1, 0.15) is 5.69 Å². The van der Waals surface area contributed by atoms with Crippen LogP contribution in [0.15, 0.2) is 28.5 Å². The predicted molar refractivity (Wildman–Crippen MR) is 123 cm³/mol. The van der Waals surface area contributed by atoms with E-state index in [1.165, 1.54) is 27.8 Å². The van der Waals surface area contributed by atoms with Gasteiger partial charge in [0, 0.05) is 43.5 Å². The molecular formula is C20H25N5O6S2. The van der Waals surface area contributed by atoms with E-state index in [1.807, 2.05) is 17.2 Å². The van der Waals surface area contributed by atoms with Gasteiger partial charge in [0.2, 0.25) is 15.9 Å². The van der Waals surface area contributed by atoms with Crippen molar-refractivity contribution in [1.29, 1.82) is 0 Å². The van der Waals surface area contributed by atoms with Gasteiger partial charge >= 0.3 is 0 Å². The van der Waals surface area contributed by atoms with Gasteiger partial charge in [-0.3, -0.25) is 14.9 Å². The highest BCUT2D eigenvalue weighted by atomic mass is 32.2. The first-order chi connectivity index (χ1) is 15.8. The molecule has 1 amide bonds. The summed E-state index contributed by atoms with van der Waals surface area (Å²) in [6.45, 7) is 3.78. The minimum absolute atomic E-state index is 0.104. The molecule has 0 bridgehead atoms. The van der Waals surface area contributed by atoms with Crippen molar-refractivity contribution in [3.8, 4) is 0 Å². The summed E-state index contributed by atoms with van der Waals surface area (Å²) >= 11 is 1.37. The molecule has 0 radical (unpaired) electrons. The lowest BCUT2D eigenvalue weighted by atomic mass is 9.95. The Morgan fingerprint density at radius 2 is 1.94 bits per heavy atom. The van der Waals surface area contributed by atoms with Gasteiger partial charge in [-0.15, -0.1) is 11.3 Å². The Kier molecular flexibility index (Phi) is 6.93. The number of hydrogen-bond donors (Lipinski definition) is 1. The maximum Gasteiger partial charge on any atom is 0.293 e. The van der Waals surface area contributed by atoms with Crippen LogP contribution in [0.5, 0.6) is 0 Å². The van der Waals surface area contributed by atoms with E-state index in [9.17, 15) is 23.3 Å². The van der Waals surface area contributed by atoms with Gasteiger partial charge in [0.05, 0.1) is 28.7 Å². The van der Waals surface area contributed by atoms with Crippen molar-refractivity contribution in [2.45, 2.75) is 24.7 Å². The molecule has 0 unspecified atom stereocenters. The van der Waals surface area contributed by atoms with E-state index < -0.39 is 14.9 Å². The molecule has 178 valence electrons. The van der Waals surface area contributed by atoms with Crippen LogP contribution in [0, 0.1) is 23.0 Å². The Bertz CT molecular complexity index is 1140. The molecule has 0 aliphatic carbocycles. The van der Waals surface area contributed by atoms with Gasteiger partial charge in [0.25, 0.3) is 5.69 Å². The third-order valence-corrected chi connectivity index (χ3v) is 8.58. The zero-order valence-electron chi connectivity index (χ0n) is 18.1. The second-order valence-corrected chi connectivity index (χ2v) is 10.8. The number of carbonyl (C=O) groups is 1. The lowest BCUT2D eigenvalue weighted by Gasteiger charge is -2.32. The van der Waals surface area contributed by atoms with Gasteiger partial charge in [0.15, 0.2) is 5.13 Å². The van der Waals surface area contributed by atoms with Gasteiger partial charge in [-0.05, 0) is 31.9 Å². The number of rotatable bonds is 6. The van der Waals surface area contributed by atoms with Crippen LogP contribution in [-0.4, -0.2) is 67.9 Å². The summed E-state index contributed by atoms with van der Waals surface area (Å²) in [5.41, 5.74) is 0.942. The summed E-state index contributed by atoms with van der Waals surface area (Å²) in [5, 5.41) is 17.0. The molecule has 11 nitrogen and oxygen atoms in total. The van der Waals surface area contributed by atoms with Crippen molar-refractivity contribution in [2.24, 2.45) is 5.92 Å². The molecule has 4 rings (SSSR count). The topological polar surface area (TPSA) is 135 Å². The molecule has 1 aromatic heterocycles. The number of morpholine rings is 1. The van der Waals surface area contributed by atoms with E-state index in [1.54, 1.807) is 0 Å². The molecule has 0 spiro atoms. The minimum Gasteiger partial charge on any atom is -0.379 e. The Morgan fingerprint density at radius 3 is 2.55 bits per heavy atom. The van der Waals surface area contributed by atoms with Crippen molar-refractivity contribution in [1.82, 2.24) is 9.29 Å². The van der Waals surface area contributed by atoms with Crippen LogP contribution in [0.2, 0.25) is 0 Å². The van der Waals surface area contributed by atoms with E-state index in [4.69, 9.17) is 4.74 Å². The smallest absolute Gasteiger partial charge is 0.293 e. The highest BCUT2D eigenvalue weighted by Gasteiger charge is 2.32. The number of thiazole rings is 1. The third-order valence-electron chi connectivity index (χ3n) is 5.81. The van der Waals surface area contributed by atoms with Gasteiger partial charge in [-0.2, -0.15) is 4.31 Å². The summed E-state index contributed by atoms with van der Waals surface area (Å²) < 4.78 is 32.3. The van der Waals surface area contributed by atoms with Crippen molar-refractivity contribution in [3.05, 3.63) is 39.4 Å². The van der Waals surface area contributed by atoms with E-state index >= 15 is 0 Å². The largest absolute Gasteiger partial charge is 0.379 e. The first-order valence-electron chi connectivity index (χ1n) is 10.6. The zero-order chi connectivity index (χ0) is 23.6. The van der Waals surface area contributed by atoms with Crippen molar-refractivity contribution in [3.63, 3.8) is 0 Å². The van der Waals surface area contributed by atoms with Crippen molar-refractivity contribution in [2.75, 3.05) is 49.6 Å². The SMILES string of the molecule is Cc1csc(NC(=O)C2CCN(c3ccc(S(=O)(=O)N4CCOCC4)cc3[N+](=O)[O-])CC2)n1. The number of piperidine rings is 1. The molecule has 13 heteroatoms. The molecule has 33 heavy (non-hydrogen) atoms. The number of ether oxygens (including phenoxy) is 1. The Hall–Kier alpha value is -2.61. The van der Waals surface area contributed by atoms with Crippen LogP contribution >= 0.6 is 11.3 Å². The first kappa shape index (κ1) is 23.5. The summed E-state index contributed by atoms with van der Waals surface area (Å²) in [5.74, 6) is -0.323. The average molecular weight is 496 g/mol. The highest BCUT2D eigenvalue weighted by molar-refractivity contribution is 7.89. The molecule has 2 aliphatic heterocycles. The quantitative estimate of drug-likeness (QED) is 0.476. The fraction of sp³-hybridized carbons (Fsp3) is 0.500. The summed E-state index contributed by atoms with van der Waals surface area (Å²) in [7, 11) is -3.84.